The summed E-state index contributed by atoms with van der Waals surface area (Å²) in [5.74, 6) is 1.70. The van der Waals surface area contributed by atoms with Crippen molar-refractivity contribution in [3.63, 3.8) is 0 Å². The lowest BCUT2D eigenvalue weighted by atomic mass is 10.1. The van der Waals surface area contributed by atoms with Crippen molar-refractivity contribution >= 4 is 5.95 Å². The Kier molecular flexibility index (Phi) is 3.41. The molecule has 0 bridgehead atoms. The van der Waals surface area contributed by atoms with E-state index in [0.717, 1.165) is 43.3 Å². The van der Waals surface area contributed by atoms with Gasteiger partial charge in [0.25, 0.3) is 0 Å². The second kappa shape index (κ2) is 5.36. The average Bonchev–Trinajstić information content (AvgIpc) is 2.88. The first-order valence-corrected chi connectivity index (χ1v) is 6.69. The number of aryl methyl sites for hydroxylation is 1. The molecule has 0 fully saturated rings. The van der Waals surface area contributed by atoms with Gasteiger partial charge in [-0.2, -0.15) is 10.1 Å². The average molecular weight is 258 g/mol. The normalized spacial score (nSPS) is 17.8. The molecule has 1 atom stereocenters. The van der Waals surface area contributed by atoms with Crippen molar-refractivity contribution in [2.45, 2.75) is 25.3 Å². The molecule has 3 heterocycles. The van der Waals surface area contributed by atoms with Crippen LogP contribution in [0.25, 0.3) is 0 Å². The minimum Gasteiger partial charge on any atom is -0.354 e. The number of nitrogens with one attached hydrogen (secondary N) is 1. The summed E-state index contributed by atoms with van der Waals surface area (Å²) in [6.07, 6.45) is 4.54. The summed E-state index contributed by atoms with van der Waals surface area (Å²) in [4.78, 5) is 8.96. The Balaban J connectivity index is 1.89. The molecule has 3 rings (SSSR count). The second-order valence-electron chi connectivity index (χ2n) is 4.67. The third-order valence-electron chi connectivity index (χ3n) is 3.30. The SMILES string of the molecule is NCCCc1nc2n(n1)C(c1ccccn1)CCN2. The van der Waals surface area contributed by atoms with E-state index in [1.165, 1.54) is 0 Å². The number of nitrogens with zero attached hydrogens (tertiary/aromatic N) is 4. The Morgan fingerprint density at radius 1 is 1.42 bits per heavy atom. The molecule has 100 valence electrons. The number of hydrogen-bond acceptors (Lipinski definition) is 5. The molecule has 0 radical (unpaired) electrons. The van der Waals surface area contributed by atoms with Gasteiger partial charge >= 0.3 is 0 Å². The van der Waals surface area contributed by atoms with E-state index >= 15 is 0 Å². The lowest BCUT2D eigenvalue weighted by molar-refractivity contribution is 0.467. The number of nitrogens with two attached hydrogens (primary N) is 1. The molecule has 2 aromatic rings. The quantitative estimate of drug-likeness (QED) is 0.854. The van der Waals surface area contributed by atoms with Gasteiger partial charge in [0.1, 0.15) is 0 Å². The zero-order valence-electron chi connectivity index (χ0n) is 10.8. The van der Waals surface area contributed by atoms with Crippen molar-refractivity contribution in [3.05, 3.63) is 35.9 Å². The van der Waals surface area contributed by atoms with Crippen LogP contribution in [0.2, 0.25) is 0 Å². The Hall–Kier alpha value is -1.95. The van der Waals surface area contributed by atoms with Crippen LogP contribution in [0.5, 0.6) is 0 Å². The molecule has 19 heavy (non-hydrogen) atoms. The van der Waals surface area contributed by atoms with Gasteiger partial charge in [-0.25, -0.2) is 4.68 Å². The molecule has 0 spiro atoms. The molecular formula is C13H18N6. The lowest BCUT2D eigenvalue weighted by Gasteiger charge is -2.23. The molecule has 3 N–H and O–H groups in total. The van der Waals surface area contributed by atoms with Gasteiger partial charge in [-0.1, -0.05) is 6.07 Å². The number of rotatable bonds is 4. The maximum Gasteiger partial charge on any atom is 0.222 e. The second-order valence-corrected chi connectivity index (χ2v) is 4.67. The van der Waals surface area contributed by atoms with Gasteiger partial charge in [0.2, 0.25) is 5.95 Å². The highest BCUT2D eigenvalue weighted by molar-refractivity contribution is 5.31. The van der Waals surface area contributed by atoms with Crippen molar-refractivity contribution in [1.29, 1.82) is 0 Å². The molecule has 6 nitrogen and oxygen atoms in total. The molecule has 1 aliphatic rings. The lowest BCUT2D eigenvalue weighted by Crippen LogP contribution is -2.25. The maximum absolute atomic E-state index is 5.53. The Morgan fingerprint density at radius 3 is 3.16 bits per heavy atom. The largest absolute Gasteiger partial charge is 0.354 e. The van der Waals surface area contributed by atoms with Gasteiger partial charge in [0.05, 0.1) is 11.7 Å². The fourth-order valence-corrected chi connectivity index (χ4v) is 2.36. The molecule has 1 aliphatic heterocycles. The molecule has 0 aromatic carbocycles. The standard InChI is InChI=1S/C13H18N6/c14-7-3-5-12-17-13-16-9-6-11(19(13)18-12)10-4-1-2-8-15-10/h1-2,4,8,11H,3,5-7,9,14H2,(H,16,17,18). The van der Waals surface area contributed by atoms with Crippen molar-refractivity contribution in [2.24, 2.45) is 5.73 Å². The highest BCUT2D eigenvalue weighted by Crippen LogP contribution is 2.26. The van der Waals surface area contributed by atoms with Gasteiger partial charge in [-0.3, -0.25) is 4.98 Å². The molecule has 0 aliphatic carbocycles. The fraction of sp³-hybridized carbons (Fsp3) is 0.462. The van der Waals surface area contributed by atoms with E-state index < -0.39 is 0 Å². The molecule has 2 aromatic heterocycles. The first kappa shape index (κ1) is 12.1. The van der Waals surface area contributed by atoms with Crippen molar-refractivity contribution in [2.75, 3.05) is 18.4 Å². The number of anilines is 1. The summed E-state index contributed by atoms with van der Waals surface area (Å²) in [7, 11) is 0. The highest BCUT2D eigenvalue weighted by Gasteiger charge is 2.24. The molecule has 0 amide bonds. The van der Waals surface area contributed by atoms with Crippen LogP contribution >= 0.6 is 0 Å². The van der Waals surface area contributed by atoms with E-state index in [0.29, 0.717) is 6.54 Å². The molecule has 0 saturated heterocycles. The third-order valence-corrected chi connectivity index (χ3v) is 3.30. The first-order chi connectivity index (χ1) is 9.38. The highest BCUT2D eigenvalue weighted by atomic mass is 15.4. The van der Waals surface area contributed by atoms with Crippen LogP contribution in [0.1, 0.15) is 30.4 Å². The van der Waals surface area contributed by atoms with Crippen LogP contribution in [0.4, 0.5) is 5.95 Å². The predicted octanol–water partition coefficient (Wildman–Crippen LogP) is 0.969. The van der Waals surface area contributed by atoms with Crippen LogP contribution in [-0.2, 0) is 6.42 Å². The van der Waals surface area contributed by atoms with Crippen molar-refractivity contribution in [1.82, 2.24) is 19.7 Å². The van der Waals surface area contributed by atoms with Gasteiger partial charge in [-0.05, 0) is 31.5 Å². The van der Waals surface area contributed by atoms with Crippen LogP contribution in [0.15, 0.2) is 24.4 Å². The zero-order chi connectivity index (χ0) is 13.1. The Morgan fingerprint density at radius 2 is 2.37 bits per heavy atom. The van der Waals surface area contributed by atoms with Gasteiger partial charge in [0, 0.05) is 19.2 Å². The first-order valence-electron chi connectivity index (χ1n) is 6.69. The van der Waals surface area contributed by atoms with E-state index in [1.54, 1.807) is 0 Å². The van der Waals surface area contributed by atoms with E-state index in [1.807, 2.05) is 29.1 Å². The Bertz CT molecular complexity index is 535. The summed E-state index contributed by atoms with van der Waals surface area (Å²) < 4.78 is 1.96. The molecule has 6 heteroatoms. The van der Waals surface area contributed by atoms with Gasteiger partial charge in [-0.15, -0.1) is 0 Å². The van der Waals surface area contributed by atoms with Crippen molar-refractivity contribution < 1.29 is 0 Å². The third kappa shape index (κ3) is 2.44. The summed E-state index contributed by atoms with van der Waals surface area (Å²) >= 11 is 0. The predicted molar refractivity (Wildman–Crippen MR) is 72.9 cm³/mol. The monoisotopic (exact) mass is 258 g/mol. The minimum atomic E-state index is 0.177. The molecule has 1 unspecified atom stereocenters. The van der Waals surface area contributed by atoms with Crippen LogP contribution in [-0.4, -0.2) is 32.8 Å². The number of pyridine rings is 1. The Labute approximate surface area is 112 Å². The number of hydrogen-bond donors (Lipinski definition) is 2. The van der Waals surface area contributed by atoms with Crippen LogP contribution in [0, 0.1) is 0 Å². The van der Waals surface area contributed by atoms with Crippen LogP contribution < -0.4 is 11.1 Å². The van der Waals surface area contributed by atoms with E-state index in [-0.39, 0.29) is 6.04 Å². The van der Waals surface area contributed by atoms with Gasteiger partial charge < -0.3 is 11.1 Å². The maximum atomic E-state index is 5.53. The minimum absolute atomic E-state index is 0.177. The smallest absolute Gasteiger partial charge is 0.222 e. The molecule has 0 saturated carbocycles. The van der Waals surface area contributed by atoms with E-state index in [9.17, 15) is 0 Å². The van der Waals surface area contributed by atoms with E-state index in [4.69, 9.17) is 5.73 Å². The fourth-order valence-electron chi connectivity index (χ4n) is 2.36. The summed E-state index contributed by atoms with van der Waals surface area (Å²) in [6, 6.07) is 6.16. The van der Waals surface area contributed by atoms with E-state index in [2.05, 4.69) is 20.4 Å². The summed E-state index contributed by atoms with van der Waals surface area (Å²) in [5, 5.41) is 7.88. The molecular weight excluding hydrogens is 240 g/mol. The summed E-state index contributed by atoms with van der Waals surface area (Å²) in [6.45, 7) is 1.57. The number of fused-ring (bicyclic) bond motifs is 1. The zero-order valence-corrected chi connectivity index (χ0v) is 10.8. The topological polar surface area (TPSA) is 81.7 Å². The summed E-state index contributed by atoms with van der Waals surface area (Å²) in [5.41, 5.74) is 6.57. The number of aromatic nitrogens is 4. The van der Waals surface area contributed by atoms with Gasteiger partial charge in [0.15, 0.2) is 5.82 Å². The van der Waals surface area contributed by atoms with Crippen molar-refractivity contribution in [3.8, 4) is 0 Å². The van der Waals surface area contributed by atoms with Crippen LogP contribution in [0.3, 0.4) is 0 Å².